The third kappa shape index (κ3) is 4.74. The Morgan fingerprint density at radius 1 is 1.16 bits per heavy atom. The molecule has 1 heterocycles. The van der Waals surface area contributed by atoms with E-state index in [9.17, 15) is 4.79 Å². The zero-order valence-corrected chi connectivity index (χ0v) is 18.3. The number of carbonyl (C=O) groups excluding carboxylic acids is 1. The lowest BCUT2D eigenvalue weighted by Crippen LogP contribution is -2.38. The molecule has 6 heteroatoms. The number of hydrogen-bond acceptors (Lipinski definition) is 4. The molecule has 2 atom stereocenters. The quantitative estimate of drug-likeness (QED) is 0.619. The van der Waals surface area contributed by atoms with Gasteiger partial charge in [-0.25, -0.2) is 4.98 Å². The largest absolute Gasteiger partial charge is 0.497 e. The summed E-state index contributed by atoms with van der Waals surface area (Å²) >= 11 is 0. The number of rotatable bonds is 7. The predicted octanol–water partition coefficient (Wildman–Crippen LogP) is 4.34. The van der Waals surface area contributed by atoms with Gasteiger partial charge in [0.25, 0.3) is 5.91 Å². The van der Waals surface area contributed by atoms with Gasteiger partial charge in [-0.3, -0.25) is 4.79 Å². The minimum atomic E-state index is -0.0609. The number of benzene rings is 2. The number of aromatic nitrogens is 2. The van der Waals surface area contributed by atoms with Gasteiger partial charge in [0, 0.05) is 17.8 Å². The number of carbonyl (C=O) groups is 1. The normalized spacial score (nSPS) is 18.0. The Balaban J connectivity index is 1.46. The summed E-state index contributed by atoms with van der Waals surface area (Å²) in [7, 11) is 3.30. The molecular weight excluding hydrogens is 390 g/mol. The fourth-order valence-corrected chi connectivity index (χ4v) is 4.41. The Kier molecular flexibility index (Phi) is 6.26. The smallest absolute Gasteiger partial charge is 0.251 e. The molecule has 3 aromatic rings. The van der Waals surface area contributed by atoms with Crippen LogP contribution in [0.4, 0.5) is 0 Å². The molecule has 6 nitrogen and oxygen atoms in total. The Labute approximate surface area is 183 Å². The van der Waals surface area contributed by atoms with Crippen LogP contribution in [0.15, 0.2) is 55.0 Å². The van der Waals surface area contributed by atoms with Crippen LogP contribution in [0.2, 0.25) is 0 Å². The SMILES string of the molecule is COc1cccc(C[C@@H]2CCC[C@@H]2NC(=O)c2ccc(-n3cnc(C)c3)c(OC)c2)c1. The molecule has 4 rings (SSSR count). The van der Waals surface area contributed by atoms with Crippen LogP contribution in [-0.4, -0.2) is 35.7 Å². The number of nitrogens with zero attached hydrogens (tertiary/aromatic N) is 2. The molecule has 0 unspecified atom stereocenters. The molecule has 1 saturated carbocycles. The Morgan fingerprint density at radius 2 is 2.03 bits per heavy atom. The van der Waals surface area contributed by atoms with Crippen molar-refractivity contribution in [3.8, 4) is 17.2 Å². The Bertz CT molecular complexity index is 1060. The molecule has 31 heavy (non-hydrogen) atoms. The fourth-order valence-electron chi connectivity index (χ4n) is 4.41. The van der Waals surface area contributed by atoms with Crippen molar-refractivity contribution in [3.05, 3.63) is 71.8 Å². The molecule has 1 aromatic heterocycles. The second kappa shape index (κ2) is 9.25. The molecule has 0 aliphatic heterocycles. The van der Waals surface area contributed by atoms with E-state index in [1.807, 2.05) is 42.0 Å². The van der Waals surface area contributed by atoms with Crippen molar-refractivity contribution < 1.29 is 14.3 Å². The van der Waals surface area contributed by atoms with E-state index < -0.39 is 0 Å². The summed E-state index contributed by atoms with van der Waals surface area (Å²) in [5.41, 5.74) is 3.63. The summed E-state index contributed by atoms with van der Waals surface area (Å²) in [5.74, 6) is 1.88. The number of methoxy groups -OCH3 is 2. The van der Waals surface area contributed by atoms with Gasteiger partial charge in [-0.1, -0.05) is 18.6 Å². The molecule has 1 fully saturated rings. The fraction of sp³-hybridized carbons (Fsp3) is 0.360. The minimum Gasteiger partial charge on any atom is -0.497 e. The first-order chi connectivity index (χ1) is 15.1. The first-order valence-electron chi connectivity index (χ1n) is 10.7. The molecule has 1 amide bonds. The van der Waals surface area contributed by atoms with E-state index in [1.165, 1.54) is 5.56 Å². The van der Waals surface area contributed by atoms with Crippen LogP contribution in [-0.2, 0) is 6.42 Å². The zero-order chi connectivity index (χ0) is 21.8. The molecule has 162 valence electrons. The van der Waals surface area contributed by atoms with Gasteiger partial charge in [-0.05, 0) is 68.0 Å². The third-order valence-electron chi connectivity index (χ3n) is 6.04. The minimum absolute atomic E-state index is 0.0609. The van der Waals surface area contributed by atoms with Crippen LogP contribution in [0.25, 0.3) is 5.69 Å². The van der Waals surface area contributed by atoms with Crippen molar-refractivity contribution in [1.29, 1.82) is 0 Å². The zero-order valence-electron chi connectivity index (χ0n) is 18.3. The average molecular weight is 420 g/mol. The second-order valence-corrected chi connectivity index (χ2v) is 8.14. The van der Waals surface area contributed by atoms with Crippen LogP contribution in [0.3, 0.4) is 0 Å². The summed E-state index contributed by atoms with van der Waals surface area (Å²) < 4.78 is 12.8. The maximum absolute atomic E-state index is 13.0. The number of imidazole rings is 1. The highest BCUT2D eigenvalue weighted by molar-refractivity contribution is 5.95. The predicted molar refractivity (Wildman–Crippen MR) is 120 cm³/mol. The molecule has 1 aliphatic rings. The second-order valence-electron chi connectivity index (χ2n) is 8.14. The average Bonchev–Trinajstić information content (AvgIpc) is 3.42. The number of nitrogens with one attached hydrogen (secondary N) is 1. The van der Waals surface area contributed by atoms with Gasteiger partial charge < -0.3 is 19.4 Å². The monoisotopic (exact) mass is 419 g/mol. The molecule has 0 bridgehead atoms. The molecule has 0 spiro atoms. The molecule has 0 saturated heterocycles. The first kappa shape index (κ1) is 21.0. The van der Waals surface area contributed by atoms with Crippen molar-refractivity contribution >= 4 is 5.91 Å². The van der Waals surface area contributed by atoms with E-state index in [0.717, 1.165) is 42.8 Å². The van der Waals surface area contributed by atoms with Crippen LogP contribution < -0.4 is 14.8 Å². The Morgan fingerprint density at radius 3 is 2.77 bits per heavy atom. The van der Waals surface area contributed by atoms with E-state index >= 15 is 0 Å². The summed E-state index contributed by atoms with van der Waals surface area (Å²) in [6.45, 7) is 1.94. The molecule has 2 aromatic carbocycles. The van der Waals surface area contributed by atoms with Crippen LogP contribution >= 0.6 is 0 Å². The summed E-state index contributed by atoms with van der Waals surface area (Å²) in [5, 5.41) is 3.26. The van der Waals surface area contributed by atoms with Crippen molar-refractivity contribution in [2.24, 2.45) is 5.92 Å². The lowest BCUT2D eigenvalue weighted by molar-refractivity contribution is 0.0927. The molecule has 1 N–H and O–H groups in total. The lowest BCUT2D eigenvalue weighted by atomic mass is 9.94. The highest BCUT2D eigenvalue weighted by atomic mass is 16.5. The van der Waals surface area contributed by atoms with Gasteiger partial charge in [0.15, 0.2) is 0 Å². The summed E-state index contributed by atoms with van der Waals surface area (Å²) in [4.78, 5) is 17.3. The highest BCUT2D eigenvalue weighted by Crippen LogP contribution is 2.30. The number of hydrogen-bond donors (Lipinski definition) is 1. The maximum Gasteiger partial charge on any atom is 0.251 e. The van der Waals surface area contributed by atoms with E-state index in [0.29, 0.717) is 17.2 Å². The van der Waals surface area contributed by atoms with Crippen LogP contribution in [0.1, 0.15) is 40.9 Å². The summed E-state index contributed by atoms with van der Waals surface area (Å²) in [6, 6.07) is 13.9. The third-order valence-corrected chi connectivity index (χ3v) is 6.04. The van der Waals surface area contributed by atoms with Gasteiger partial charge in [0.1, 0.15) is 11.5 Å². The number of ether oxygens (including phenoxy) is 2. The van der Waals surface area contributed by atoms with Crippen molar-refractivity contribution in [2.75, 3.05) is 14.2 Å². The first-order valence-corrected chi connectivity index (χ1v) is 10.7. The molecular formula is C25H29N3O3. The van der Waals surface area contributed by atoms with Crippen LogP contribution in [0.5, 0.6) is 11.5 Å². The van der Waals surface area contributed by atoms with Gasteiger partial charge in [0.05, 0.1) is 31.9 Å². The molecule has 0 radical (unpaired) electrons. The molecule has 1 aliphatic carbocycles. The standard InChI is InChI=1S/C25H29N3O3/c1-17-15-28(16-26-17)23-11-10-20(14-24(23)31-3)25(29)27-22-9-5-7-19(22)12-18-6-4-8-21(13-18)30-2/h4,6,8,10-11,13-16,19,22H,5,7,9,12H2,1-3H3,(H,27,29)/t19-,22-/m0/s1. The topological polar surface area (TPSA) is 65.4 Å². The van der Waals surface area contributed by atoms with Crippen LogP contribution in [0, 0.1) is 12.8 Å². The summed E-state index contributed by atoms with van der Waals surface area (Å²) in [6.07, 6.45) is 7.86. The van der Waals surface area contributed by atoms with Gasteiger partial charge in [0.2, 0.25) is 0 Å². The van der Waals surface area contributed by atoms with Crippen molar-refractivity contribution in [2.45, 2.75) is 38.6 Å². The van der Waals surface area contributed by atoms with Gasteiger partial charge >= 0.3 is 0 Å². The lowest BCUT2D eigenvalue weighted by Gasteiger charge is -2.22. The van der Waals surface area contributed by atoms with E-state index in [2.05, 4.69) is 22.4 Å². The van der Waals surface area contributed by atoms with E-state index in [1.54, 1.807) is 26.6 Å². The van der Waals surface area contributed by atoms with E-state index in [-0.39, 0.29) is 11.9 Å². The highest BCUT2D eigenvalue weighted by Gasteiger charge is 2.29. The number of amides is 1. The van der Waals surface area contributed by atoms with Gasteiger partial charge in [-0.2, -0.15) is 0 Å². The number of aryl methyl sites for hydroxylation is 1. The maximum atomic E-state index is 13.0. The Hall–Kier alpha value is -3.28. The van der Waals surface area contributed by atoms with Crippen molar-refractivity contribution in [3.63, 3.8) is 0 Å². The van der Waals surface area contributed by atoms with Gasteiger partial charge in [-0.15, -0.1) is 0 Å². The van der Waals surface area contributed by atoms with E-state index in [4.69, 9.17) is 9.47 Å². The van der Waals surface area contributed by atoms with Crippen molar-refractivity contribution in [1.82, 2.24) is 14.9 Å².